The van der Waals surface area contributed by atoms with Gasteiger partial charge in [0.25, 0.3) is 0 Å². The first-order valence-electron chi connectivity index (χ1n) is 7.14. The summed E-state index contributed by atoms with van der Waals surface area (Å²) in [5.74, 6) is 0.738. The first-order chi connectivity index (χ1) is 8.06. The summed E-state index contributed by atoms with van der Waals surface area (Å²) in [4.78, 5) is 14.5. The molecule has 1 amide bonds. The molecule has 0 radical (unpaired) electrons. The van der Waals surface area contributed by atoms with E-state index in [1.165, 1.54) is 0 Å². The van der Waals surface area contributed by atoms with Gasteiger partial charge in [-0.3, -0.25) is 10.1 Å². The second kappa shape index (κ2) is 6.39. The highest BCUT2D eigenvalue weighted by Crippen LogP contribution is 2.24. The van der Waals surface area contributed by atoms with E-state index in [1.54, 1.807) is 0 Å². The van der Waals surface area contributed by atoms with E-state index in [0.717, 1.165) is 25.7 Å². The van der Waals surface area contributed by atoms with Crippen LogP contribution < -0.4 is 5.32 Å². The van der Waals surface area contributed by atoms with Crippen molar-refractivity contribution in [2.24, 2.45) is 5.92 Å². The predicted octanol–water partition coefficient (Wildman–Crippen LogP) is 2.76. The highest BCUT2D eigenvalue weighted by Gasteiger charge is 2.41. The predicted molar refractivity (Wildman–Crippen MR) is 71.7 cm³/mol. The standard InChI is InChI=1S/C14H28N2O/c1-6-9-11(5)16-12(8-3)15-13(14(16)17)10(4)7-2/h10-13,15H,6-9H2,1-5H3. The Hall–Kier alpha value is -0.570. The number of hydrogen-bond donors (Lipinski definition) is 1. The highest BCUT2D eigenvalue weighted by molar-refractivity contribution is 5.84. The molecule has 4 unspecified atom stereocenters. The van der Waals surface area contributed by atoms with E-state index < -0.39 is 0 Å². The summed E-state index contributed by atoms with van der Waals surface area (Å²) in [7, 11) is 0. The molecule has 0 aromatic heterocycles. The summed E-state index contributed by atoms with van der Waals surface area (Å²) in [6.45, 7) is 10.8. The molecule has 0 saturated carbocycles. The molecule has 0 spiro atoms. The van der Waals surface area contributed by atoms with E-state index in [-0.39, 0.29) is 12.2 Å². The Balaban J connectivity index is 2.78. The lowest BCUT2D eigenvalue weighted by atomic mass is 9.99. The average molecular weight is 240 g/mol. The number of rotatable bonds is 6. The fourth-order valence-corrected chi connectivity index (χ4v) is 2.71. The first-order valence-corrected chi connectivity index (χ1v) is 7.14. The van der Waals surface area contributed by atoms with Crippen molar-refractivity contribution in [3.05, 3.63) is 0 Å². The van der Waals surface area contributed by atoms with Crippen molar-refractivity contribution in [1.29, 1.82) is 0 Å². The second-order valence-electron chi connectivity index (χ2n) is 5.34. The van der Waals surface area contributed by atoms with Crippen LogP contribution >= 0.6 is 0 Å². The van der Waals surface area contributed by atoms with Crippen LogP contribution in [0.25, 0.3) is 0 Å². The van der Waals surface area contributed by atoms with Crippen LogP contribution in [0, 0.1) is 5.92 Å². The zero-order valence-corrected chi connectivity index (χ0v) is 12.0. The quantitative estimate of drug-likeness (QED) is 0.774. The molecule has 0 aromatic rings. The minimum absolute atomic E-state index is 0.0317. The fraction of sp³-hybridized carbons (Fsp3) is 0.929. The van der Waals surface area contributed by atoms with Crippen LogP contribution in [0.2, 0.25) is 0 Å². The van der Waals surface area contributed by atoms with Crippen molar-refractivity contribution in [2.75, 3.05) is 0 Å². The summed E-state index contributed by atoms with van der Waals surface area (Å²) in [6.07, 6.45) is 4.51. The Morgan fingerprint density at radius 2 is 1.94 bits per heavy atom. The molecule has 0 aromatic carbocycles. The highest BCUT2D eigenvalue weighted by atomic mass is 16.2. The lowest BCUT2D eigenvalue weighted by Crippen LogP contribution is -2.42. The molecule has 4 atom stereocenters. The summed E-state index contributed by atoms with van der Waals surface area (Å²) in [5.41, 5.74) is 0. The van der Waals surface area contributed by atoms with E-state index in [2.05, 4.69) is 44.8 Å². The SMILES string of the molecule is CCCC(C)N1C(=O)C(C(C)CC)NC1CC. The molecule has 17 heavy (non-hydrogen) atoms. The monoisotopic (exact) mass is 240 g/mol. The molecule has 1 fully saturated rings. The molecule has 0 bridgehead atoms. The minimum atomic E-state index is 0.0317. The van der Waals surface area contributed by atoms with Gasteiger partial charge < -0.3 is 4.90 Å². The Morgan fingerprint density at radius 3 is 2.41 bits per heavy atom. The minimum Gasteiger partial charge on any atom is -0.323 e. The van der Waals surface area contributed by atoms with Gasteiger partial charge in [-0.25, -0.2) is 0 Å². The van der Waals surface area contributed by atoms with Crippen LogP contribution in [0.4, 0.5) is 0 Å². The molecule has 1 saturated heterocycles. The van der Waals surface area contributed by atoms with Crippen molar-refractivity contribution in [2.45, 2.75) is 78.6 Å². The van der Waals surface area contributed by atoms with Crippen LogP contribution in [0.15, 0.2) is 0 Å². The van der Waals surface area contributed by atoms with Gasteiger partial charge in [0.2, 0.25) is 5.91 Å². The average Bonchev–Trinajstić information content (AvgIpc) is 2.65. The summed E-state index contributed by atoms with van der Waals surface area (Å²) >= 11 is 0. The molecular formula is C14H28N2O. The molecule has 3 nitrogen and oxygen atoms in total. The van der Waals surface area contributed by atoms with E-state index in [0.29, 0.717) is 17.9 Å². The van der Waals surface area contributed by atoms with Gasteiger partial charge in [-0.05, 0) is 25.7 Å². The summed E-state index contributed by atoms with van der Waals surface area (Å²) in [6, 6.07) is 0.392. The van der Waals surface area contributed by atoms with E-state index >= 15 is 0 Å². The van der Waals surface area contributed by atoms with Crippen LogP contribution in [0.3, 0.4) is 0 Å². The number of nitrogens with one attached hydrogen (secondary N) is 1. The van der Waals surface area contributed by atoms with Gasteiger partial charge in [0, 0.05) is 6.04 Å². The summed E-state index contributed by atoms with van der Waals surface area (Å²) in [5, 5.41) is 3.51. The Bertz CT molecular complexity index is 255. The zero-order chi connectivity index (χ0) is 13.0. The maximum Gasteiger partial charge on any atom is 0.241 e. The van der Waals surface area contributed by atoms with Crippen molar-refractivity contribution in [3.63, 3.8) is 0 Å². The van der Waals surface area contributed by atoms with Gasteiger partial charge in [0.15, 0.2) is 0 Å². The van der Waals surface area contributed by atoms with Crippen molar-refractivity contribution in [1.82, 2.24) is 10.2 Å². The molecule has 100 valence electrons. The maximum atomic E-state index is 12.5. The Morgan fingerprint density at radius 1 is 1.29 bits per heavy atom. The lowest BCUT2D eigenvalue weighted by Gasteiger charge is -2.29. The Kier molecular flexibility index (Phi) is 5.44. The van der Waals surface area contributed by atoms with Gasteiger partial charge in [-0.1, -0.05) is 40.5 Å². The van der Waals surface area contributed by atoms with Gasteiger partial charge in [-0.2, -0.15) is 0 Å². The topological polar surface area (TPSA) is 32.3 Å². The second-order valence-corrected chi connectivity index (χ2v) is 5.34. The molecule has 1 aliphatic heterocycles. The number of amides is 1. The molecule has 0 aliphatic carbocycles. The zero-order valence-electron chi connectivity index (χ0n) is 12.0. The number of hydrogen-bond acceptors (Lipinski definition) is 2. The van der Waals surface area contributed by atoms with Crippen molar-refractivity contribution < 1.29 is 4.79 Å². The molecule has 1 rings (SSSR count). The first kappa shape index (κ1) is 14.5. The van der Waals surface area contributed by atoms with Crippen LogP contribution in [0.5, 0.6) is 0 Å². The van der Waals surface area contributed by atoms with Crippen molar-refractivity contribution in [3.8, 4) is 0 Å². The Labute approximate surface area is 106 Å². The molecule has 3 heteroatoms. The smallest absolute Gasteiger partial charge is 0.241 e. The molecule has 1 N–H and O–H groups in total. The van der Waals surface area contributed by atoms with Gasteiger partial charge in [-0.15, -0.1) is 0 Å². The van der Waals surface area contributed by atoms with Crippen LogP contribution in [-0.2, 0) is 4.79 Å². The van der Waals surface area contributed by atoms with Crippen LogP contribution in [-0.4, -0.2) is 29.1 Å². The third-order valence-corrected chi connectivity index (χ3v) is 4.01. The lowest BCUT2D eigenvalue weighted by molar-refractivity contribution is -0.132. The summed E-state index contributed by atoms with van der Waals surface area (Å²) < 4.78 is 0. The fourth-order valence-electron chi connectivity index (χ4n) is 2.71. The normalized spacial score (nSPS) is 28.5. The largest absolute Gasteiger partial charge is 0.323 e. The molecular weight excluding hydrogens is 212 g/mol. The third kappa shape index (κ3) is 3.01. The number of carbonyl (C=O) groups excluding carboxylic acids is 1. The number of nitrogens with zero attached hydrogens (tertiary/aromatic N) is 1. The van der Waals surface area contributed by atoms with Crippen LogP contribution in [0.1, 0.15) is 60.3 Å². The van der Waals surface area contributed by atoms with Gasteiger partial charge >= 0.3 is 0 Å². The van der Waals surface area contributed by atoms with E-state index in [1.807, 2.05) is 0 Å². The van der Waals surface area contributed by atoms with Gasteiger partial charge in [0.1, 0.15) is 0 Å². The maximum absolute atomic E-state index is 12.5. The third-order valence-electron chi connectivity index (χ3n) is 4.01. The van der Waals surface area contributed by atoms with Gasteiger partial charge in [0.05, 0.1) is 12.2 Å². The molecule has 1 heterocycles. The van der Waals surface area contributed by atoms with E-state index in [4.69, 9.17) is 0 Å². The number of carbonyl (C=O) groups is 1. The van der Waals surface area contributed by atoms with Crippen molar-refractivity contribution >= 4 is 5.91 Å². The molecule has 1 aliphatic rings. The van der Waals surface area contributed by atoms with E-state index in [9.17, 15) is 4.79 Å².